The number of nitrogens with zero attached hydrogens (tertiary/aromatic N) is 2. The van der Waals surface area contributed by atoms with Crippen molar-refractivity contribution >= 4 is 21.6 Å². The Morgan fingerprint density at radius 2 is 2.17 bits per heavy atom. The lowest BCUT2D eigenvalue weighted by atomic mass is 9.97. The molecule has 24 heavy (non-hydrogen) atoms. The van der Waals surface area contributed by atoms with Gasteiger partial charge in [0.15, 0.2) is 9.84 Å². The summed E-state index contributed by atoms with van der Waals surface area (Å²) >= 11 is 0. The quantitative estimate of drug-likeness (QED) is 0.872. The summed E-state index contributed by atoms with van der Waals surface area (Å²) in [6, 6.07) is 2.92. The summed E-state index contributed by atoms with van der Waals surface area (Å²) in [6.45, 7) is -0.758. The van der Waals surface area contributed by atoms with Crippen LogP contribution in [0.4, 0.5) is 19.0 Å². The van der Waals surface area contributed by atoms with E-state index in [0.29, 0.717) is 19.4 Å². The molecule has 1 saturated heterocycles. The standard InChI is InChI=1S/C14H18F3N3O3S/c1-24(22,23)11-5-2-6-18-12(11)20-7-3-4-10(8-20)13(21)19-9-14(15,16)17/h2,5-6,10H,3-4,7-9H2,1H3,(H,19,21). The summed E-state index contributed by atoms with van der Waals surface area (Å²) in [7, 11) is -3.50. The molecule has 0 bridgehead atoms. The van der Waals surface area contributed by atoms with Crippen LogP contribution in [0.25, 0.3) is 0 Å². The first-order valence-corrected chi connectivity index (χ1v) is 9.21. The zero-order chi connectivity index (χ0) is 18.0. The van der Waals surface area contributed by atoms with Gasteiger partial charge in [-0.15, -0.1) is 0 Å². The number of alkyl halides is 3. The summed E-state index contributed by atoms with van der Waals surface area (Å²) in [5, 5.41) is 1.88. The number of carbonyl (C=O) groups is 1. The van der Waals surface area contributed by atoms with Crippen molar-refractivity contribution in [3.63, 3.8) is 0 Å². The molecule has 0 aromatic carbocycles. The van der Waals surface area contributed by atoms with Crippen molar-refractivity contribution in [2.45, 2.75) is 23.9 Å². The molecule has 2 heterocycles. The molecule has 1 N–H and O–H groups in total. The first kappa shape index (κ1) is 18.5. The number of halogens is 3. The van der Waals surface area contributed by atoms with Gasteiger partial charge in [0.25, 0.3) is 0 Å². The Morgan fingerprint density at radius 3 is 2.79 bits per heavy atom. The predicted octanol–water partition coefficient (Wildman–Crippen LogP) is 1.38. The molecule has 1 aliphatic rings. The molecule has 1 unspecified atom stereocenters. The van der Waals surface area contributed by atoms with Gasteiger partial charge in [0.2, 0.25) is 5.91 Å². The van der Waals surface area contributed by atoms with Crippen LogP contribution in [0.1, 0.15) is 12.8 Å². The van der Waals surface area contributed by atoms with E-state index in [9.17, 15) is 26.4 Å². The summed E-state index contributed by atoms with van der Waals surface area (Å²) in [5.74, 6) is -1.10. The molecule has 0 aliphatic carbocycles. The van der Waals surface area contributed by atoms with E-state index in [4.69, 9.17) is 0 Å². The van der Waals surface area contributed by atoms with Crippen LogP contribution >= 0.6 is 0 Å². The van der Waals surface area contributed by atoms with Crippen LogP contribution in [-0.4, -0.2) is 51.4 Å². The van der Waals surface area contributed by atoms with E-state index in [2.05, 4.69) is 4.98 Å². The average molecular weight is 365 g/mol. The third kappa shape index (κ3) is 4.83. The predicted molar refractivity (Wildman–Crippen MR) is 81.3 cm³/mol. The number of pyridine rings is 1. The van der Waals surface area contributed by atoms with E-state index >= 15 is 0 Å². The summed E-state index contributed by atoms with van der Waals surface area (Å²) < 4.78 is 60.3. The number of piperidine rings is 1. The van der Waals surface area contributed by atoms with Gasteiger partial charge >= 0.3 is 6.18 Å². The van der Waals surface area contributed by atoms with Crippen molar-refractivity contribution < 1.29 is 26.4 Å². The van der Waals surface area contributed by atoms with E-state index < -0.39 is 34.4 Å². The van der Waals surface area contributed by atoms with Crippen LogP contribution in [0.5, 0.6) is 0 Å². The van der Waals surface area contributed by atoms with Crippen molar-refractivity contribution in [1.29, 1.82) is 0 Å². The number of amides is 1. The number of hydrogen-bond donors (Lipinski definition) is 1. The molecule has 2 rings (SSSR count). The molecule has 1 amide bonds. The van der Waals surface area contributed by atoms with E-state index in [0.717, 1.165) is 6.26 Å². The van der Waals surface area contributed by atoms with E-state index in [1.54, 1.807) is 4.90 Å². The summed E-state index contributed by atoms with van der Waals surface area (Å²) in [4.78, 5) is 17.7. The van der Waals surface area contributed by atoms with Gasteiger partial charge in [-0.3, -0.25) is 4.79 Å². The number of nitrogens with one attached hydrogen (secondary N) is 1. The average Bonchev–Trinajstić information content (AvgIpc) is 2.51. The lowest BCUT2D eigenvalue weighted by Crippen LogP contribution is -2.45. The third-order valence-electron chi connectivity index (χ3n) is 3.71. The Labute approximate surface area is 138 Å². The highest BCUT2D eigenvalue weighted by Crippen LogP contribution is 2.27. The van der Waals surface area contributed by atoms with Crippen LogP contribution in [0.15, 0.2) is 23.2 Å². The van der Waals surface area contributed by atoms with Crippen molar-refractivity contribution in [3.8, 4) is 0 Å². The monoisotopic (exact) mass is 365 g/mol. The molecular formula is C14H18F3N3O3S. The second-order valence-electron chi connectivity index (χ2n) is 5.72. The topological polar surface area (TPSA) is 79.4 Å². The highest BCUT2D eigenvalue weighted by Gasteiger charge is 2.32. The molecule has 0 radical (unpaired) electrons. The molecule has 6 nitrogen and oxygen atoms in total. The summed E-state index contributed by atoms with van der Waals surface area (Å²) in [6.07, 6.45) is -0.956. The number of carbonyl (C=O) groups excluding carboxylic acids is 1. The Kier molecular flexibility index (Phi) is 5.36. The van der Waals surface area contributed by atoms with Crippen LogP contribution in [0.2, 0.25) is 0 Å². The van der Waals surface area contributed by atoms with Gasteiger partial charge in [-0.25, -0.2) is 13.4 Å². The molecule has 1 fully saturated rings. The third-order valence-corrected chi connectivity index (χ3v) is 4.82. The second-order valence-corrected chi connectivity index (χ2v) is 7.70. The van der Waals surface area contributed by atoms with Crippen molar-refractivity contribution in [2.75, 3.05) is 30.8 Å². The molecule has 1 aromatic heterocycles. The lowest BCUT2D eigenvalue weighted by molar-refractivity contribution is -0.140. The van der Waals surface area contributed by atoms with Gasteiger partial charge < -0.3 is 10.2 Å². The molecule has 1 aromatic rings. The van der Waals surface area contributed by atoms with Gasteiger partial charge in [-0.05, 0) is 25.0 Å². The van der Waals surface area contributed by atoms with Crippen molar-refractivity contribution in [1.82, 2.24) is 10.3 Å². The SMILES string of the molecule is CS(=O)(=O)c1cccnc1N1CCCC(C(=O)NCC(F)(F)F)C1. The minimum atomic E-state index is -4.46. The van der Waals surface area contributed by atoms with Crippen LogP contribution in [0.3, 0.4) is 0 Å². The molecule has 1 aliphatic heterocycles. The highest BCUT2D eigenvalue weighted by atomic mass is 32.2. The first-order valence-electron chi connectivity index (χ1n) is 7.32. The lowest BCUT2D eigenvalue weighted by Gasteiger charge is -2.33. The second kappa shape index (κ2) is 6.96. The fourth-order valence-electron chi connectivity index (χ4n) is 2.62. The first-order chi connectivity index (χ1) is 11.1. The van der Waals surface area contributed by atoms with Gasteiger partial charge in [-0.2, -0.15) is 13.2 Å². The fraction of sp³-hybridized carbons (Fsp3) is 0.571. The Hall–Kier alpha value is -1.84. The maximum Gasteiger partial charge on any atom is 0.405 e. The van der Waals surface area contributed by atoms with Gasteiger partial charge in [0.05, 0.1) is 5.92 Å². The van der Waals surface area contributed by atoms with Crippen LogP contribution in [0, 0.1) is 5.92 Å². The Bertz CT molecular complexity index is 707. The van der Waals surface area contributed by atoms with E-state index in [1.165, 1.54) is 18.3 Å². The van der Waals surface area contributed by atoms with Crippen molar-refractivity contribution in [2.24, 2.45) is 5.92 Å². The highest BCUT2D eigenvalue weighted by molar-refractivity contribution is 7.90. The Morgan fingerprint density at radius 1 is 1.46 bits per heavy atom. The van der Waals surface area contributed by atoms with Crippen LogP contribution < -0.4 is 10.2 Å². The molecule has 0 spiro atoms. The number of sulfone groups is 1. The number of anilines is 1. The van der Waals surface area contributed by atoms with E-state index in [1.807, 2.05) is 5.32 Å². The van der Waals surface area contributed by atoms with Crippen LogP contribution in [-0.2, 0) is 14.6 Å². The maximum atomic E-state index is 12.2. The summed E-state index contributed by atoms with van der Waals surface area (Å²) in [5.41, 5.74) is 0. The van der Waals surface area contributed by atoms with Gasteiger partial charge in [0, 0.05) is 25.5 Å². The minimum Gasteiger partial charge on any atom is -0.355 e. The molecular weight excluding hydrogens is 347 g/mol. The maximum absolute atomic E-state index is 12.2. The number of hydrogen-bond acceptors (Lipinski definition) is 5. The zero-order valence-corrected chi connectivity index (χ0v) is 13.8. The van der Waals surface area contributed by atoms with E-state index in [-0.39, 0.29) is 17.3 Å². The van der Waals surface area contributed by atoms with Gasteiger partial charge in [-0.1, -0.05) is 0 Å². The largest absolute Gasteiger partial charge is 0.405 e. The fourth-order valence-corrected chi connectivity index (χ4v) is 3.46. The normalized spacial score (nSPS) is 19.2. The minimum absolute atomic E-state index is 0.0429. The zero-order valence-electron chi connectivity index (χ0n) is 13.0. The Balaban J connectivity index is 2.13. The number of aromatic nitrogens is 1. The smallest absolute Gasteiger partial charge is 0.355 e. The molecule has 1 atom stereocenters. The number of rotatable bonds is 4. The molecule has 134 valence electrons. The van der Waals surface area contributed by atoms with Gasteiger partial charge in [0.1, 0.15) is 17.3 Å². The molecule has 10 heteroatoms. The molecule has 0 saturated carbocycles. The van der Waals surface area contributed by atoms with Crippen molar-refractivity contribution in [3.05, 3.63) is 18.3 Å².